The molecule has 440 valence electrons. The van der Waals surface area contributed by atoms with Crippen LogP contribution in [0.15, 0.2) is 340 Å². The van der Waals surface area contributed by atoms with Crippen LogP contribution < -0.4 is 57.3 Å². The second-order valence-electron chi connectivity index (χ2n) is 25.0. The van der Waals surface area contributed by atoms with Gasteiger partial charge in [0.2, 0.25) is 0 Å². The smallest absolute Gasteiger partial charge is 0.252 e. The van der Waals surface area contributed by atoms with E-state index in [1.54, 1.807) is 0 Å². The fourth-order valence-corrected chi connectivity index (χ4v) is 16.1. The summed E-state index contributed by atoms with van der Waals surface area (Å²) in [7, 11) is 0. The Morgan fingerprint density at radius 3 is 0.968 bits per heavy atom. The minimum Gasteiger partial charge on any atom is -0.311 e. The molecule has 8 heteroatoms. The van der Waals surface area contributed by atoms with Gasteiger partial charge in [0, 0.05) is 79.6 Å². The molecule has 19 rings (SSSR count). The molecule has 95 heavy (non-hydrogen) atoms. The molecule has 0 saturated heterocycles. The van der Waals surface area contributed by atoms with Gasteiger partial charge in [-0.25, -0.2) is 4.85 Å². The molecule has 0 fully saturated rings. The second kappa shape index (κ2) is 21.8. The highest BCUT2D eigenvalue weighted by Crippen LogP contribution is 2.53. The molecule has 0 bridgehead atoms. The summed E-state index contributed by atoms with van der Waals surface area (Å²) in [5.74, 6) is 0. The SMILES string of the molecule is [C-]#[N+]c1ccc(-c2c3ccccc3c(-c3cc4c5c(c3)N(c3ccccc3)c3cc6c(cc3B5c3ccccc3N4c3ccccc3)B3c4ccccc4N(c4ccccc4)c4cc(N(c5ccccc5)c5ccccc5)cc(c43)N6c3ccccc3)c3ccccc23)cc1. The Morgan fingerprint density at radius 2 is 0.579 bits per heavy atom. The fraction of sp³-hybridized carbons (Fsp3) is 0. The highest BCUT2D eigenvalue weighted by molar-refractivity contribution is 7.03. The third kappa shape index (κ3) is 8.39. The molecule has 0 aliphatic carbocycles. The Morgan fingerprint density at radius 1 is 0.253 bits per heavy atom. The van der Waals surface area contributed by atoms with E-state index < -0.39 is 0 Å². The predicted octanol–water partition coefficient (Wildman–Crippen LogP) is 19.5. The summed E-state index contributed by atoms with van der Waals surface area (Å²) < 4.78 is 0. The van der Waals surface area contributed by atoms with Gasteiger partial charge in [0.15, 0.2) is 5.69 Å². The van der Waals surface area contributed by atoms with E-state index in [9.17, 15) is 0 Å². The summed E-state index contributed by atoms with van der Waals surface area (Å²) in [5.41, 5.74) is 29.2. The van der Waals surface area contributed by atoms with E-state index in [4.69, 9.17) is 6.57 Å². The van der Waals surface area contributed by atoms with Crippen LogP contribution in [0.1, 0.15) is 0 Å². The summed E-state index contributed by atoms with van der Waals surface area (Å²) in [6.07, 6.45) is 0. The third-order valence-corrected chi connectivity index (χ3v) is 19.9. The van der Waals surface area contributed by atoms with Gasteiger partial charge in [-0.15, -0.1) is 0 Å². The molecule has 4 aliphatic heterocycles. The maximum Gasteiger partial charge on any atom is 0.252 e. The van der Waals surface area contributed by atoms with E-state index in [2.05, 4.69) is 357 Å². The van der Waals surface area contributed by atoms with Gasteiger partial charge in [0.25, 0.3) is 13.4 Å². The van der Waals surface area contributed by atoms with E-state index in [-0.39, 0.29) is 13.4 Å². The molecule has 15 aromatic carbocycles. The van der Waals surface area contributed by atoms with Crippen LogP contribution in [0.2, 0.25) is 0 Å². The maximum absolute atomic E-state index is 7.82. The predicted molar refractivity (Wildman–Crippen MR) is 401 cm³/mol. The Bertz CT molecular complexity index is 5500. The van der Waals surface area contributed by atoms with Crippen LogP contribution in [0.5, 0.6) is 0 Å². The van der Waals surface area contributed by atoms with E-state index in [0.29, 0.717) is 5.69 Å². The van der Waals surface area contributed by atoms with Crippen molar-refractivity contribution in [2.75, 3.05) is 24.5 Å². The minimum absolute atomic E-state index is 0.171. The fourth-order valence-electron chi connectivity index (χ4n) is 16.1. The Balaban J connectivity index is 0.932. The van der Waals surface area contributed by atoms with Crippen molar-refractivity contribution in [1.82, 2.24) is 0 Å². The first-order valence-electron chi connectivity index (χ1n) is 32.6. The van der Waals surface area contributed by atoms with Gasteiger partial charge in [0.1, 0.15) is 0 Å². The largest absolute Gasteiger partial charge is 0.311 e. The number of benzene rings is 15. The number of nitrogens with zero attached hydrogens (tertiary/aromatic N) is 6. The van der Waals surface area contributed by atoms with Crippen LogP contribution in [-0.4, -0.2) is 13.4 Å². The van der Waals surface area contributed by atoms with Crippen LogP contribution in [0.25, 0.3) is 48.6 Å². The average Bonchev–Trinajstić information content (AvgIpc) is 0.687. The van der Waals surface area contributed by atoms with Crippen molar-refractivity contribution in [3.63, 3.8) is 0 Å². The molecule has 0 N–H and O–H groups in total. The van der Waals surface area contributed by atoms with Crippen LogP contribution in [0.4, 0.5) is 91.0 Å². The highest BCUT2D eigenvalue weighted by atomic mass is 15.2. The van der Waals surface area contributed by atoms with Crippen molar-refractivity contribution in [1.29, 1.82) is 0 Å². The van der Waals surface area contributed by atoms with E-state index in [0.717, 1.165) is 124 Å². The van der Waals surface area contributed by atoms with Gasteiger partial charge in [-0.1, -0.05) is 224 Å². The summed E-state index contributed by atoms with van der Waals surface area (Å²) in [4.78, 5) is 16.4. The molecular formula is C87H56B2N6. The van der Waals surface area contributed by atoms with Crippen molar-refractivity contribution in [2.24, 2.45) is 0 Å². The van der Waals surface area contributed by atoms with E-state index in [1.165, 1.54) is 38.3 Å². The first-order chi connectivity index (χ1) is 47.1. The molecule has 15 aromatic rings. The van der Waals surface area contributed by atoms with Crippen LogP contribution in [0, 0.1) is 6.57 Å². The normalized spacial score (nSPS) is 12.9. The lowest BCUT2D eigenvalue weighted by Crippen LogP contribution is -2.65. The molecule has 0 atom stereocenters. The van der Waals surface area contributed by atoms with Gasteiger partial charge in [-0.3, -0.25) is 0 Å². The topological polar surface area (TPSA) is 20.6 Å². The van der Waals surface area contributed by atoms with Gasteiger partial charge < -0.3 is 24.5 Å². The molecule has 4 heterocycles. The number of para-hydroxylation sites is 8. The lowest BCUT2D eigenvalue weighted by Gasteiger charge is -2.47. The lowest BCUT2D eigenvalue weighted by molar-refractivity contribution is 1.22. The molecule has 6 nitrogen and oxygen atoms in total. The van der Waals surface area contributed by atoms with Crippen LogP contribution in [0.3, 0.4) is 0 Å². The minimum atomic E-state index is -0.182. The lowest BCUT2D eigenvalue weighted by atomic mass is 9.30. The number of anilines is 15. The summed E-state index contributed by atoms with van der Waals surface area (Å²) in [5, 5.41) is 4.63. The highest BCUT2D eigenvalue weighted by Gasteiger charge is 2.49. The van der Waals surface area contributed by atoms with Crippen LogP contribution in [-0.2, 0) is 0 Å². The number of rotatable bonds is 9. The maximum atomic E-state index is 7.82. The van der Waals surface area contributed by atoms with Gasteiger partial charge in [-0.2, -0.15) is 0 Å². The summed E-state index contributed by atoms with van der Waals surface area (Å²) >= 11 is 0. The third-order valence-electron chi connectivity index (χ3n) is 19.9. The number of fused-ring (bicyclic) bond motifs is 10. The van der Waals surface area contributed by atoms with Crippen LogP contribution >= 0.6 is 0 Å². The molecule has 0 saturated carbocycles. The Labute approximate surface area is 553 Å². The van der Waals surface area contributed by atoms with Crippen molar-refractivity contribution in [2.45, 2.75) is 0 Å². The second-order valence-corrected chi connectivity index (χ2v) is 25.0. The zero-order chi connectivity index (χ0) is 62.7. The van der Waals surface area contributed by atoms with Crippen molar-refractivity contribution in [3.8, 4) is 22.3 Å². The van der Waals surface area contributed by atoms with Crippen molar-refractivity contribution >= 4 is 159 Å². The summed E-state index contributed by atoms with van der Waals surface area (Å²) in [6, 6.07) is 125. The monoisotopic (exact) mass is 1210 g/mol. The standard InChI is InChI=1S/C87H56B2N6/c1-90-60-50-48-58(49-51-60)84-68-40-20-22-42-70(68)85(71-43-23-21-41-69(71)84)59-52-80-86-81(53-59)94(65-36-16-6-17-37-65)78-57-79-75(56-74(78)88(86)72-44-24-26-46-76(72)92(80)63-32-12-4-13-33-63)89-73-45-25-27-47-77(73)93(64-34-14-5-15-35-64)82-54-67(55-83(87(82)89)95(79)66-38-18-7-19-39-66)91(61-28-8-2-9-29-61)62-30-10-3-11-31-62/h2-57H. The zero-order valence-corrected chi connectivity index (χ0v) is 51.7. The van der Waals surface area contributed by atoms with Crippen molar-refractivity contribution in [3.05, 3.63) is 351 Å². The number of hydrogen-bond acceptors (Lipinski definition) is 5. The first kappa shape index (κ1) is 54.2. The average molecular weight is 1210 g/mol. The van der Waals surface area contributed by atoms with Gasteiger partial charge in [0.05, 0.1) is 12.3 Å². The quantitative estimate of drug-likeness (QED) is 0.0813. The molecule has 0 unspecified atom stereocenters. The zero-order valence-electron chi connectivity index (χ0n) is 51.7. The molecule has 0 amide bonds. The first-order valence-corrected chi connectivity index (χ1v) is 32.6. The molecule has 0 aromatic heterocycles. The Hall–Kier alpha value is -12.6. The van der Waals surface area contributed by atoms with Gasteiger partial charge >= 0.3 is 0 Å². The van der Waals surface area contributed by atoms with Gasteiger partial charge in [-0.05, 0) is 192 Å². The van der Waals surface area contributed by atoms with E-state index >= 15 is 0 Å². The van der Waals surface area contributed by atoms with Crippen molar-refractivity contribution < 1.29 is 0 Å². The molecule has 0 radical (unpaired) electrons. The summed E-state index contributed by atoms with van der Waals surface area (Å²) in [6.45, 7) is 7.46. The molecular weight excluding hydrogens is 1150 g/mol. The number of hydrogen-bond donors (Lipinski definition) is 0. The van der Waals surface area contributed by atoms with E-state index in [1.807, 2.05) is 12.1 Å². The molecule has 4 aliphatic rings. The molecule has 0 spiro atoms. The Kier molecular flexibility index (Phi) is 12.4.